The Balaban J connectivity index is 1.03. The summed E-state index contributed by atoms with van der Waals surface area (Å²) < 4.78 is 7.73. The molecule has 56 heavy (non-hydrogen) atoms. The molecule has 0 fully saturated rings. The molecule has 0 aliphatic heterocycles. The van der Waals surface area contributed by atoms with Crippen LogP contribution in [0.4, 0.5) is 0 Å². The number of nitrogens with zero attached hydrogens (tertiary/aromatic N) is 2. The average Bonchev–Trinajstić information content (AvgIpc) is 3.91. The molecule has 1 atom stereocenters. The fraction of sp³-hybridized carbons (Fsp3) is 0.0566. The average molecular weight is 733 g/mol. The number of rotatable bonds is 4. The van der Waals surface area contributed by atoms with Gasteiger partial charge >= 0.3 is 0 Å². The quantitative estimate of drug-likeness (QED) is 0.170. The van der Waals surface area contributed by atoms with Crippen LogP contribution in [-0.2, 0) is 5.54 Å². The molecule has 12 rings (SSSR count). The van der Waals surface area contributed by atoms with E-state index in [1.54, 1.807) is 0 Å². The fourth-order valence-electron chi connectivity index (χ4n) is 9.82. The van der Waals surface area contributed by atoms with E-state index in [9.17, 15) is 0 Å². The lowest BCUT2D eigenvalue weighted by atomic mass is 9.75. The van der Waals surface area contributed by atoms with Crippen molar-refractivity contribution in [1.82, 2.24) is 9.13 Å². The van der Waals surface area contributed by atoms with Gasteiger partial charge in [0.2, 0.25) is 0 Å². The zero-order valence-electron chi connectivity index (χ0n) is 30.9. The maximum atomic E-state index is 2.64. The minimum Gasteiger partial charge on any atom is -0.330 e. The van der Waals surface area contributed by atoms with Gasteiger partial charge in [0.05, 0.1) is 16.6 Å². The lowest BCUT2D eigenvalue weighted by molar-refractivity contribution is 0.425. The van der Waals surface area contributed by atoms with E-state index in [-0.39, 0.29) is 5.54 Å². The van der Waals surface area contributed by atoms with E-state index in [1.165, 1.54) is 103 Å². The molecule has 3 heteroatoms. The van der Waals surface area contributed by atoms with E-state index in [0.29, 0.717) is 0 Å². The van der Waals surface area contributed by atoms with Crippen molar-refractivity contribution in [3.8, 4) is 16.8 Å². The Labute approximate surface area is 328 Å². The van der Waals surface area contributed by atoms with Crippen molar-refractivity contribution in [2.45, 2.75) is 18.9 Å². The second-order valence-electron chi connectivity index (χ2n) is 15.5. The largest absolute Gasteiger partial charge is 0.330 e. The van der Waals surface area contributed by atoms with Crippen LogP contribution in [0, 0.1) is 0 Å². The summed E-state index contributed by atoms with van der Waals surface area (Å²) in [6.45, 7) is 2.45. The first kappa shape index (κ1) is 31.6. The van der Waals surface area contributed by atoms with Gasteiger partial charge < -0.3 is 9.13 Å². The van der Waals surface area contributed by atoms with Crippen LogP contribution in [0.1, 0.15) is 30.0 Å². The van der Waals surface area contributed by atoms with Crippen LogP contribution in [0.3, 0.4) is 0 Å². The number of hydrogen-bond acceptors (Lipinski definition) is 1. The maximum absolute atomic E-state index is 2.64. The molecule has 1 aliphatic rings. The molecule has 0 saturated carbocycles. The van der Waals surface area contributed by atoms with Crippen LogP contribution in [0.15, 0.2) is 182 Å². The first-order valence-electron chi connectivity index (χ1n) is 19.5. The minimum absolute atomic E-state index is 0.325. The SMILES string of the molecule is CC1(n2c3ccccc3c3cc(-c4ccc5c6ccccc6n(-c6ccccc6)c5c4)ccc32)CC(c2ccc3c(c2)sc2ccccc23)=Cc2ccccc21. The molecular weight excluding hydrogens is 697 g/mol. The number of allylic oxidation sites excluding steroid dienone is 1. The molecular formula is C53H36N2S. The predicted molar refractivity (Wildman–Crippen MR) is 240 cm³/mol. The van der Waals surface area contributed by atoms with Crippen LogP contribution in [0.2, 0.25) is 0 Å². The van der Waals surface area contributed by atoms with Crippen LogP contribution < -0.4 is 0 Å². The Morgan fingerprint density at radius 1 is 0.446 bits per heavy atom. The monoisotopic (exact) mass is 732 g/mol. The first-order chi connectivity index (χ1) is 27.6. The van der Waals surface area contributed by atoms with Gasteiger partial charge in [-0.25, -0.2) is 0 Å². The fourth-order valence-corrected chi connectivity index (χ4v) is 11.0. The van der Waals surface area contributed by atoms with E-state index in [1.807, 2.05) is 11.3 Å². The van der Waals surface area contributed by atoms with Gasteiger partial charge in [0.1, 0.15) is 0 Å². The Bertz CT molecular complexity index is 3410. The summed E-state index contributed by atoms with van der Waals surface area (Å²) in [6, 6.07) is 67.5. The third-order valence-electron chi connectivity index (χ3n) is 12.3. The van der Waals surface area contributed by atoms with E-state index < -0.39 is 0 Å². The van der Waals surface area contributed by atoms with Crippen molar-refractivity contribution >= 4 is 86.8 Å². The molecule has 1 aliphatic carbocycles. The van der Waals surface area contributed by atoms with E-state index in [2.05, 4.69) is 204 Å². The summed E-state index contributed by atoms with van der Waals surface area (Å²) in [4.78, 5) is 0. The zero-order chi connectivity index (χ0) is 37.0. The molecule has 0 bridgehead atoms. The highest BCUT2D eigenvalue weighted by Crippen LogP contribution is 2.48. The van der Waals surface area contributed by atoms with Crippen molar-refractivity contribution in [3.05, 3.63) is 199 Å². The van der Waals surface area contributed by atoms with Gasteiger partial charge in [0, 0.05) is 64.9 Å². The molecule has 0 radical (unpaired) electrons. The van der Waals surface area contributed by atoms with Crippen LogP contribution in [0.25, 0.3) is 92.2 Å². The lowest BCUT2D eigenvalue weighted by Crippen LogP contribution is -2.34. The molecule has 0 amide bonds. The second-order valence-corrected chi connectivity index (χ2v) is 16.6. The highest BCUT2D eigenvalue weighted by Gasteiger charge is 2.37. The maximum Gasteiger partial charge on any atom is 0.0721 e. The molecule has 0 spiro atoms. The van der Waals surface area contributed by atoms with Gasteiger partial charge in [-0.15, -0.1) is 11.3 Å². The Hall–Kier alpha value is -6.68. The minimum atomic E-state index is -0.325. The summed E-state index contributed by atoms with van der Waals surface area (Å²) in [5.74, 6) is 0. The summed E-state index contributed by atoms with van der Waals surface area (Å²) in [7, 11) is 0. The number of thiophene rings is 1. The summed E-state index contributed by atoms with van der Waals surface area (Å²) in [5.41, 5.74) is 13.6. The Kier molecular flexibility index (Phi) is 6.73. The second kappa shape index (κ2) is 11.9. The van der Waals surface area contributed by atoms with Crippen molar-refractivity contribution in [2.24, 2.45) is 0 Å². The molecule has 264 valence electrons. The van der Waals surface area contributed by atoms with Gasteiger partial charge in [-0.3, -0.25) is 0 Å². The van der Waals surface area contributed by atoms with Crippen LogP contribution >= 0.6 is 11.3 Å². The normalized spacial score (nSPS) is 15.7. The number of aromatic nitrogens is 2. The van der Waals surface area contributed by atoms with E-state index >= 15 is 0 Å². The highest BCUT2D eigenvalue weighted by molar-refractivity contribution is 7.25. The van der Waals surface area contributed by atoms with Crippen molar-refractivity contribution in [3.63, 3.8) is 0 Å². The molecule has 11 aromatic rings. The number of hydrogen-bond donors (Lipinski definition) is 0. The Morgan fingerprint density at radius 2 is 1.05 bits per heavy atom. The highest BCUT2D eigenvalue weighted by atomic mass is 32.1. The van der Waals surface area contributed by atoms with Crippen molar-refractivity contribution in [1.29, 1.82) is 0 Å². The topological polar surface area (TPSA) is 9.86 Å². The smallest absolute Gasteiger partial charge is 0.0721 e. The van der Waals surface area contributed by atoms with Crippen LogP contribution in [-0.4, -0.2) is 9.13 Å². The molecule has 3 heterocycles. The standard InChI is InChI=1S/C53H36N2S/c1-53(33-38(29-37-13-5-9-19-46(37)53)36-24-27-44-43-18-8-12-22-51(43)56-52(44)32-36)55-48-21-11-7-17-41(48)45-30-34(25-28-49(45)55)35-23-26-42-40-16-6-10-20-47(40)54(50(42)31-35)39-14-3-2-4-15-39/h2-32H,33H2,1H3. The number of fused-ring (bicyclic) bond motifs is 10. The van der Waals surface area contributed by atoms with Gasteiger partial charge in [0.25, 0.3) is 0 Å². The van der Waals surface area contributed by atoms with Crippen molar-refractivity contribution < 1.29 is 0 Å². The summed E-state index contributed by atoms with van der Waals surface area (Å²) in [5, 5.41) is 7.79. The summed E-state index contributed by atoms with van der Waals surface area (Å²) in [6.07, 6.45) is 3.32. The Morgan fingerprint density at radius 3 is 1.93 bits per heavy atom. The van der Waals surface area contributed by atoms with Gasteiger partial charge in [-0.1, -0.05) is 133 Å². The third kappa shape index (κ3) is 4.55. The number of benzene rings is 8. The molecule has 0 N–H and O–H groups in total. The van der Waals surface area contributed by atoms with E-state index in [4.69, 9.17) is 0 Å². The molecule has 3 aromatic heterocycles. The van der Waals surface area contributed by atoms with Crippen molar-refractivity contribution in [2.75, 3.05) is 0 Å². The molecule has 2 nitrogen and oxygen atoms in total. The molecule has 8 aromatic carbocycles. The summed E-state index contributed by atoms with van der Waals surface area (Å²) >= 11 is 1.89. The lowest BCUT2D eigenvalue weighted by Gasteiger charge is -2.39. The van der Waals surface area contributed by atoms with Gasteiger partial charge in [-0.2, -0.15) is 0 Å². The zero-order valence-corrected chi connectivity index (χ0v) is 31.7. The molecule has 0 saturated heterocycles. The third-order valence-corrected chi connectivity index (χ3v) is 13.5. The predicted octanol–water partition coefficient (Wildman–Crippen LogP) is 14.6. The first-order valence-corrected chi connectivity index (χ1v) is 20.3. The van der Waals surface area contributed by atoms with E-state index in [0.717, 1.165) is 6.42 Å². The molecule has 1 unspecified atom stereocenters. The number of para-hydroxylation sites is 3. The van der Waals surface area contributed by atoms with Crippen LogP contribution in [0.5, 0.6) is 0 Å². The van der Waals surface area contributed by atoms with Gasteiger partial charge in [-0.05, 0) is 94.9 Å². The van der Waals surface area contributed by atoms with Gasteiger partial charge in [0.15, 0.2) is 0 Å².